The lowest BCUT2D eigenvalue weighted by Crippen LogP contribution is -2.64. The topological polar surface area (TPSA) is 192 Å². The maximum absolute atomic E-state index is 12.9. The van der Waals surface area contributed by atoms with E-state index in [1.54, 1.807) is 0 Å². The third kappa shape index (κ3) is 36.6. The van der Waals surface area contributed by atoms with Crippen LogP contribution in [0.1, 0.15) is 168 Å². The summed E-state index contributed by atoms with van der Waals surface area (Å²) in [7, 11) is -5.05. The molecular formula is C57H93O12P. The second kappa shape index (κ2) is 45.6. The molecule has 6 unspecified atom stereocenters. The zero-order valence-electron chi connectivity index (χ0n) is 42.8. The first-order chi connectivity index (χ1) is 34.0. The molecule has 1 aliphatic carbocycles. The highest BCUT2D eigenvalue weighted by Crippen LogP contribution is 2.47. The van der Waals surface area contributed by atoms with Gasteiger partial charge in [0.25, 0.3) is 0 Å². The van der Waals surface area contributed by atoms with Gasteiger partial charge in [-0.25, -0.2) is 4.57 Å². The van der Waals surface area contributed by atoms with E-state index in [1.807, 2.05) is 0 Å². The van der Waals surface area contributed by atoms with Crippen LogP contribution in [0, 0.1) is 0 Å². The van der Waals surface area contributed by atoms with Crippen LogP contribution >= 0.6 is 7.82 Å². The lowest BCUT2D eigenvalue weighted by molar-refractivity contribution is -0.220. The van der Waals surface area contributed by atoms with Crippen molar-refractivity contribution in [1.82, 2.24) is 0 Å². The summed E-state index contributed by atoms with van der Waals surface area (Å²) in [6.45, 7) is 3.88. The summed E-state index contributed by atoms with van der Waals surface area (Å²) in [5.74, 6) is -0.507. The normalized spacial score (nSPS) is 21.9. The van der Waals surface area contributed by atoms with E-state index >= 15 is 0 Å². The molecule has 1 fully saturated rings. The molecule has 398 valence electrons. The molecule has 0 aliphatic heterocycles. The van der Waals surface area contributed by atoms with E-state index in [1.165, 1.54) is 32.1 Å². The predicted octanol–water partition coefficient (Wildman–Crippen LogP) is 12.2. The van der Waals surface area contributed by atoms with Crippen LogP contribution in [0.15, 0.2) is 122 Å². The molecule has 70 heavy (non-hydrogen) atoms. The highest BCUT2D eigenvalue weighted by molar-refractivity contribution is 7.47. The van der Waals surface area contributed by atoms with Crippen molar-refractivity contribution >= 4 is 13.8 Å². The Morgan fingerprint density at radius 3 is 1.21 bits per heavy atom. The fraction of sp³-hybridized carbons (Fsp3) is 0.632. The van der Waals surface area contributed by atoms with Crippen LogP contribution in [0.5, 0.6) is 0 Å². The number of unbranched alkanes of at least 4 members (excludes halogenated alkanes) is 11. The van der Waals surface area contributed by atoms with Gasteiger partial charge < -0.3 is 39.9 Å². The lowest BCUT2D eigenvalue weighted by atomic mass is 9.85. The molecule has 1 aliphatic rings. The molecule has 1 saturated carbocycles. The first kappa shape index (κ1) is 64.8. The Kier molecular flexibility index (Phi) is 42.2. The Balaban J connectivity index is 2.38. The Hall–Kier alpha value is -3.26. The zero-order valence-corrected chi connectivity index (χ0v) is 43.7. The fourth-order valence-corrected chi connectivity index (χ4v) is 8.22. The van der Waals surface area contributed by atoms with Crippen LogP contribution in [0.2, 0.25) is 0 Å². The van der Waals surface area contributed by atoms with E-state index in [0.29, 0.717) is 19.4 Å². The van der Waals surface area contributed by atoms with Crippen molar-refractivity contribution in [3.8, 4) is 0 Å². The van der Waals surface area contributed by atoms with Gasteiger partial charge in [-0.2, -0.15) is 0 Å². The van der Waals surface area contributed by atoms with E-state index < -0.39 is 63.1 Å². The van der Waals surface area contributed by atoms with Gasteiger partial charge in [0.1, 0.15) is 42.7 Å². The second-order valence-electron chi connectivity index (χ2n) is 17.6. The molecule has 13 heteroatoms. The minimum atomic E-state index is -5.05. The Labute approximate surface area is 422 Å². The third-order valence-corrected chi connectivity index (χ3v) is 12.3. The number of hydrogen-bond donors (Lipinski definition) is 6. The standard InChI is InChI=1S/C57H93O12P/c1-3-5-7-9-11-13-15-17-19-21-23-25-26-27-28-30-32-34-36-38-40-42-44-46-51(58)68-50(49-67-70(64,65)69-57-55(62)53(60)52(59)54(61)56(57)63)48-66-47-45-43-41-39-37-35-33-31-29-24-22-20-18-16-14-12-10-8-6-4-2/h5-8,11-14,17-20,23-25,29,33,35,39,41,50,52-57,59-63H,3-4,9-10,15-16,21-22,26-28,30-32,34,36-38,40,42-49H2,1-2H3,(H,64,65)/b7-5-,8-6-,13-11-,14-12-,19-17-,20-18-,25-23-,29-24-,35-33-,41-39-. The van der Waals surface area contributed by atoms with E-state index in [-0.39, 0.29) is 13.0 Å². The quantitative estimate of drug-likeness (QED) is 0.0147. The molecular weight excluding hydrogens is 908 g/mol. The molecule has 0 heterocycles. The first-order valence-electron chi connectivity index (χ1n) is 26.4. The number of rotatable bonds is 43. The van der Waals surface area contributed by atoms with E-state index in [9.17, 15) is 39.8 Å². The van der Waals surface area contributed by atoms with Gasteiger partial charge in [-0.15, -0.1) is 0 Å². The van der Waals surface area contributed by atoms with Crippen LogP contribution in [0.25, 0.3) is 0 Å². The maximum atomic E-state index is 12.9. The summed E-state index contributed by atoms with van der Waals surface area (Å²) in [5, 5.41) is 50.4. The van der Waals surface area contributed by atoms with Crippen molar-refractivity contribution in [1.29, 1.82) is 0 Å². The van der Waals surface area contributed by atoms with Crippen LogP contribution in [0.3, 0.4) is 0 Å². The average molecular weight is 1000 g/mol. The zero-order chi connectivity index (χ0) is 51.2. The number of carbonyl (C=O) groups is 1. The molecule has 0 aromatic heterocycles. The highest BCUT2D eigenvalue weighted by Gasteiger charge is 2.51. The summed E-state index contributed by atoms with van der Waals surface area (Å²) in [5.41, 5.74) is 0. The summed E-state index contributed by atoms with van der Waals surface area (Å²) < 4.78 is 34.2. The number of ether oxygens (including phenoxy) is 2. The molecule has 0 amide bonds. The lowest BCUT2D eigenvalue weighted by Gasteiger charge is -2.41. The van der Waals surface area contributed by atoms with Crippen LogP contribution in [-0.4, -0.2) is 98.9 Å². The molecule has 1 rings (SSSR count). The number of allylic oxidation sites excluding steroid dienone is 20. The van der Waals surface area contributed by atoms with Crippen molar-refractivity contribution in [3.05, 3.63) is 122 Å². The molecule has 0 aromatic carbocycles. The summed E-state index contributed by atoms with van der Waals surface area (Å²) in [6.07, 6.45) is 54.1. The van der Waals surface area contributed by atoms with Crippen LogP contribution in [0.4, 0.5) is 0 Å². The molecule has 0 bridgehead atoms. The molecule has 6 atom stereocenters. The number of aliphatic hydroxyl groups is 5. The number of phosphoric ester groups is 1. The predicted molar refractivity (Wildman–Crippen MR) is 285 cm³/mol. The first-order valence-corrected chi connectivity index (χ1v) is 27.9. The monoisotopic (exact) mass is 1000 g/mol. The smallest absolute Gasteiger partial charge is 0.457 e. The Morgan fingerprint density at radius 2 is 0.800 bits per heavy atom. The number of aliphatic hydroxyl groups excluding tert-OH is 5. The molecule has 0 aromatic rings. The summed E-state index contributed by atoms with van der Waals surface area (Å²) in [4.78, 5) is 23.3. The van der Waals surface area contributed by atoms with Crippen molar-refractivity contribution in [2.75, 3.05) is 19.8 Å². The summed E-state index contributed by atoms with van der Waals surface area (Å²) >= 11 is 0. The van der Waals surface area contributed by atoms with Gasteiger partial charge in [-0.3, -0.25) is 13.8 Å². The average Bonchev–Trinajstić information content (AvgIpc) is 3.35. The number of hydrogen-bond acceptors (Lipinski definition) is 11. The van der Waals surface area contributed by atoms with Crippen molar-refractivity contribution in [2.24, 2.45) is 0 Å². The van der Waals surface area contributed by atoms with Gasteiger partial charge in [0.15, 0.2) is 0 Å². The summed E-state index contributed by atoms with van der Waals surface area (Å²) in [6, 6.07) is 0. The van der Waals surface area contributed by atoms with E-state index in [4.69, 9.17) is 18.5 Å². The molecule has 0 radical (unpaired) electrons. The van der Waals surface area contributed by atoms with Gasteiger partial charge in [-0.1, -0.05) is 187 Å². The molecule has 6 N–H and O–H groups in total. The highest BCUT2D eigenvalue weighted by atomic mass is 31.2. The van der Waals surface area contributed by atoms with Crippen molar-refractivity contribution in [2.45, 2.75) is 211 Å². The SMILES string of the molecule is CC/C=C\C/C=C\C/C=C\C/C=C\C/C=C\C/C=C\CCCOCC(COP(=O)(O)OC1C(O)C(O)C(O)C(O)C1O)OC(=O)CCCCCCCCCCCC/C=C\C/C=C\C/C=C\C/C=C\CC. The van der Waals surface area contributed by atoms with Gasteiger partial charge in [0.05, 0.1) is 13.2 Å². The maximum Gasteiger partial charge on any atom is 0.472 e. The van der Waals surface area contributed by atoms with E-state index in [0.717, 1.165) is 103 Å². The molecule has 0 saturated heterocycles. The van der Waals surface area contributed by atoms with Gasteiger partial charge in [0, 0.05) is 13.0 Å². The third-order valence-electron chi connectivity index (χ3n) is 11.3. The van der Waals surface area contributed by atoms with Gasteiger partial charge in [0.2, 0.25) is 0 Å². The molecule has 0 spiro atoms. The number of phosphoric acid groups is 1. The van der Waals surface area contributed by atoms with Gasteiger partial charge >= 0.3 is 13.8 Å². The van der Waals surface area contributed by atoms with E-state index in [2.05, 4.69) is 135 Å². The van der Waals surface area contributed by atoms with Gasteiger partial charge in [-0.05, 0) is 96.3 Å². The van der Waals surface area contributed by atoms with Crippen molar-refractivity contribution < 1.29 is 58.3 Å². The fourth-order valence-electron chi connectivity index (χ4n) is 7.24. The minimum absolute atomic E-state index is 0.127. The van der Waals surface area contributed by atoms with Crippen LogP contribution in [-0.2, 0) is 27.9 Å². The molecule has 12 nitrogen and oxygen atoms in total. The Morgan fingerprint density at radius 1 is 0.457 bits per heavy atom. The van der Waals surface area contributed by atoms with Crippen LogP contribution < -0.4 is 0 Å². The van der Waals surface area contributed by atoms with Crippen molar-refractivity contribution in [3.63, 3.8) is 0 Å². The second-order valence-corrected chi connectivity index (χ2v) is 19.0. The number of esters is 1. The Bertz CT molecular complexity index is 1610. The largest absolute Gasteiger partial charge is 0.472 e. The number of carbonyl (C=O) groups excluding carboxylic acids is 1. The minimum Gasteiger partial charge on any atom is -0.457 e.